The number of carbonyl (C=O) groups is 1. The smallest absolute Gasteiger partial charge is 0.358 e. The van der Waals surface area contributed by atoms with Crippen LogP contribution in [0.4, 0.5) is 0 Å². The zero-order chi connectivity index (χ0) is 14.6. The predicted molar refractivity (Wildman–Crippen MR) is 72.7 cm³/mol. The van der Waals surface area contributed by atoms with Crippen molar-refractivity contribution in [1.82, 2.24) is 9.29 Å². The first-order valence-corrected chi connectivity index (χ1v) is 8.10. The summed E-state index contributed by atoms with van der Waals surface area (Å²) in [6, 6.07) is 0. The summed E-state index contributed by atoms with van der Waals surface area (Å²) in [7, 11) is -0.995. The van der Waals surface area contributed by atoms with E-state index in [0.29, 0.717) is 12.5 Å². The zero-order valence-electron chi connectivity index (χ0n) is 11.4. The number of sulfonamides is 1. The normalized spacial score (nSPS) is 12.1. The molecule has 0 fully saturated rings. The van der Waals surface area contributed by atoms with Crippen molar-refractivity contribution in [3.8, 4) is 0 Å². The SMILES string of the molecule is COC(=O)c1ncsc1S(=O)(=O)N(C)CCC(C)C. The minimum atomic E-state index is -3.69. The van der Waals surface area contributed by atoms with Crippen molar-refractivity contribution in [1.29, 1.82) is 0 Å². The molecule has 0 amide bonds. The molecule has 1 aromatic heterocycles. The third-order valence-electron chi connectivity index (χ3n) is 2.58. The number of hydrogen-bond donors (Lipinski definition) is 0. The van der Waals surface area contributed by atoms with Gasteiger partial charge in [-0.3, -0.25) is 0 Å². The highest BCUT2D eigenvalue weighted by molar-refractivity contribution is 7.91. The summed E-state index contributed by atoms with van der Waals surface area (Å²) in [5.41, 5.74) is 1.18. The van der Waals surface area contributed by atoms with Gasteiger partial charge in [-0.2, -0.15) is 0 Å². The summed E-state index contributed by atoms with van der Waals surface area (Å²) in [4.78, 5) is 15.2. The highest BCUT2D eigenvalue weighted by Gasteiger charge is 2.29. The molecule has 0 aliphatic carbocycles. The molecule has 0 spiro atoms. The Hall–Kier alpha value is -0.990. The van der Waals surface area contributed by atoms with Crippen LogP contribution in [0.1, 0.15) is 30.8 Å². The average Bonchev–Trinajstić information content (AvgIpc) is 2.84. The van der Waals surface area contributed by atoms with Crippen molar-refractivity contribution in [2.75, 3.05) is 20.7 Å². The molecule has 19 heavy (non-hydrogen) atoms. The number of aromatic nitrogens is 1. The van der Waals surface area contributed by atoms with Crippen molar-refractivity contribution >= 4 is 27.3 Å². The minimum Gasteiger partial charge on any atom is -0.464 e. The van der Waals surface area contributed by atoms with Gasteiger partial charge in [0.15, 0.2) is 9.90 Å². The summed E-state index contributed by atoms with van der Waals surface area (Å²) in [6.45, 7) is 4.44. The third kappa shape index (κ3) is 3.74. The van der Waals surface area contributed by atoms with Crippen LogP contribution in [0.2, 0.25) is 0 Å². The number of rotatable bonds is 6. The van der Waals surface area contributed by atoms with Crippen molar-refractivity contribution in [2.45, 2.75) is 24.5 Å². The van der Waals surface area contributed by atoms with Crippen molar-refractivity contribution in [2.24, 2.45) is 5.92 Å². The number of ether oxygens (including phenoxy) is 1. The Morgan fingerprint density at radius 3 is 2.68 bits per heavy atom. The minimum absolute atomic E-state index is 0.0643. The molecule has 0 saturated carbocycles. The quantitative estimate of drug-likeness (QED) is 0.746. The number of esters is 1. The molecule has 8 heteroatoms. The lowest BCUT2D eigenvalue weighted by molar-refractivity contribution is 0.0590. The molecule has 0 saturated heterocycles. The van der Waals surface area contributed by atoms with E-state index in [-0.39, 0.29) is 9.90 Å². The summed E-state index contributed by atoms with van der Waals surface area (Å²) in [6.07, 6.45) is 0.752. The molecule has 1 aromatic rings. The molecular formula is C11H18N2O4S2. The lowest BCUT2D eigenvalue weighted by atomic mass is 10.1. The fraction of sp³-hybridized carbons (Fsp3) is 0.636. The number of hydrogen-bond acceptors (Lipinski definition) is 6. The summed E-state index contributed by atoms with van der Waals surface area (Å²) in [5.74, 6) is -0.337. The Kier molecular flexibility index (Phi) is 5.45. The van der Waals surface area contributed by atoms with Gasteiger partial charge >= 0.3 is 5.97 Å². The first kappa shape index (κ1) is 16.1. The monoisotopic (exact) mass is 306 g/mol. The maximum Gasteiger partial charge on any atom is 0.358 e. The molecular weight excluding hydrogens is 288 g/mol. The topological polar surface area (TPSA) is 76.6 Å². The van der Waals surface area contributed by atoms with Gasteiger partial charge in [0.1, 0.15) is 0 Å². The van der Waals surface area contributed by atoms with Gasteiger partial charge in [0.05, 0.1) is 12.6 Å². The molecule has 0 radical (unpaired) electrons. The predicted octanol–water partition coefficient (Wildman–Crippen LogP) is 1.60. The van der Waals surface area contributed by atoms with Gasteiger partial charge in [0.25, 0.3) is 10.0 Å². The van der Waals surface area contributed by atoms with Gasteiger partial charge in [-0.05, 0) is 12.3 Å². The maximum atomic E-state index is 12.3. The van der Waals surface area contributed by atoms with E-state index in [4.69, 9.17) is 0 Å². The van der Waals surface area contributed by atoms with Gasteiger partial charge in [0, 0.05) is 13.6 Å². The van der Waals surface area contributed by atoms with Crippen LogP contribution in [-0.2, 0) is 14.8 Å². The molecule has 0 aliphatic rings. The van der Waals surface area contributed by atoms with Crippen LogP contribution in [0.3, 0.4) is 0 Å². The Morgan fingerprint density at radius 1 is 1.53 bits per heavy atom. The highest BCUT2D eigenvalue weighted by atomic mass is 32.2. The molecule has 0 N–H and O–H groups in total. The molecule has 0 aromatic carbocycles. The third-order valence-corrected chi connectivity index (χ3v) is 5.78. The summed E-state index contributed by atoms with van der Waals surface area (Å²) >= 11 is 0.921. The van der Waals surface area contributed by atoms with Crippen LogP contribution in [0, 0.1) is 5.92 Å². The molecule has 0 bridgehead atoms. The lowest BCUT2D eigenvalue weighted by Crippen LogP contribution is -2.29. The molecule has 0 unspecified atom stereocenters. The van der Waals surface area contributed by atoms with Crippen molar-refractivity contribution in [3.05, 3.63) is 11.2 Å². The Morgan fingerprint density at radius 2 is 2.16 bits per heavy atom. The van der Waals surface area contributed by atoms with Crippen LogP contribution in [0.15, 0.2) is 9.72 Å². The Bertz CT molecular complexity index is 537. The number of thiazole rings is 1. The van der Waals surface area contributed by atoms with Crippen LogP contribution < -0.4 is 0 Å². The van der Waals surface area contributed by atoms with E-state index in [2.05, 4.69) is 9.72 Å². The standard InChI is InChI=1S/C11H18N2O4S2/c1-8(2)5-6-13(3)19(15,16)11-9(10(14)17-4)12-7-18-11/h7-8H,5-6H2,1-4H3. The Labute approximate surface area is 117 Å². The number of methoxy groups -OCH3 is 1. The zero-order valence-corrected chi connectivity index (χ0v) is 13.0. The fourth-order valence-corrected chi connectivity index (χ4v) is 3.86. The van der Waals surface area contributed by atoms with E-state index in [1.54, 1.807) is 0 Å². The van der Waals surface area contributed by atoms with E-state index in [0.717, 1.165) is 17.8 Å². The fourth-order valence-electron chi connectivity index (χ4n) is 1.35. The second kappa shape index (κ2) is 6.44. The van der Waals surface area contributed by atoms with E-state index < -0.39 is 16.0 Å². The average molecular weight is 306 g/mol. The first-order valence-electron chi connectivity index (χ1n) is 5.78. The highest BCUT2D eigenvalue weighted by Crippen LogP contribution is 2.24. The molecule has 0 atom stereocenters. The van der Waals surface area contributed by atoms with Crippen LogP contribution in [-0.4, -0.2) is 44.4 Å². The van der Waals surface area contributed by atoms with Gasteiger partial charge < -0.3 is 4.74 Å². The molecule has 1 heterocycles. The van der Waals surface area contributed by atoms with E-state index in [9.17, 15) is 13.2 Å². The van der Waals surface area contributed by atoms with Gasteiger partial charge in [-0.25, -0.2) is 22.5 Å². The van der Waals surface area contributed by atoms with Crippen molar-refractivity contribution in [3.63, 3.8) is 0 Å². The van der Waals surface area contributed by atoms with Crippen LogP contribution in [0.5, 0.6) is 0 Å². The number of carbonyl (C=O) groups excluding carboxylic acids is 1. The Balaban J connectivity index is 3.00. The van der Waals surface area contributed by atoms with Crippen LogP contribution in [0.25, 0.3) is 0 Å². The second-order valence-corrected chi connectivity index (χ2v) is 7.58. The maximum absolute atomic E-state index is 12.3. The van der Waals surface area contributed by atoms with E-state index >= 15 is 0 Å². The molecule has 108 valence electrons. The van der Waals surface area contributed by atoms with Crippen molar-refractivity contribution < 1.29 is 17.9 Å². The van der Waals surface area contributed by atoms with E-state index in [1.807, 2.05) is 13.8 Å². The van der Waals surface area contributed by atoms with Crippen LogP contribution >= 0.6 is 11.3 Å². The van der Waals surface area contributed by atoms with Gasteiger partial charge in [-0.15, -0.1) is 11.3 Å². The number of nitrogens with zero attached hydrogens (tertiary/aromatic N) is 2. The lowest BCUT2D eigenvalue weighted by Gasteiger charge is -2.17. The molecule has 0 aliphatic heterocycles. The first-order chi connectivity index (χ1) is 8.80. The second-order valence-electron chi connectivity index (χ2n) is 4.49. The summed E-state index contributed by atoms with van der Waals surface area (Å²) in [5, 5.41) is 0. The molecule has 1 rings (SSSR count). The van der Waals surface area contributed by atoms with Gasteiger partial charge in [0.2, 0.25) is 0 Å². The van der Waals surface area contributed by atoms with Gasteiger partial charge in [-0.1, -0.05) is 13.8 Å². The summed E-state index contributed by atoms with van der Waals surface area (Å²) < 4.78 is 30.4. The largest absolute Gasteiger partial charge is 0.464 e. The van der Waals surface area contributed by atoms with E-state index in [1.165, 1.54) is 24.0 Å². The molecule has 6 nitrogen and oxygen atoms in total.